The van der Waals surface area contributed by atoms with Gasteiger partial charge in [0.25, 0.3) is 10.0 Å². The second kappa shape index (κ2) is 6.04. The summed E-state index contributed by atoms with van der Waals surface area (Å²) in [5.41, 5.74) is 2.18. The number of rotatable bonds is 5. The van der Waals surface area contributed by atoms with Crippen LogP contribution in [0.25, 0.3) is 10.9 Å². The third kappa shape index (κ3) is 2.92. The Morgan fingerprint density at radius 3 is 2.73 bits per heavy atom. The predicted octanol–water partition coefficient (Wildman–Crippen LogP) is 3.75. The molecule has 0 unspecified atom stereocenters. The van der Waals surface area contributed by atoms with Gasteiger partial charge < -0.3 is 4.98 Å². The van der Waals surface area contributed by atoms with Gasteiger partial charge in [0, 0.05) is 30.7 Å². The van der Waals surface area contributed by atoms with Crippen LogP contribution in [0.15, 0.2) is 46.8 Å². The molecule has 0 aliphatic carbocycles. The van der Waals surface area contributed by atoms with Gasteiger partial charge in [-0.2, -0.15) is 4.31 Å². The Balaban J connectivity index is 1.76. The number of H-pyrrole nitrogens is 1. The summed E-state index contributed by atoms with van der Waals surface area (Å²) in [6, 6.07) is 11.1. The fourth-order valence-electron chi connectivity index (χ4n) is 2.33. The number of benzene rings is 1. The number of aromatic amines is 1. The SMILES string of the molecule is CN(CCc1c[nH]c2ccccc12)S(=O)(=O)c1ccc(Cl)s1. The molecule has 0 saturated carbocycles. The second-order valence-electron chi connectivity index (χ2n) is 4.99. The van der Waals surface area contributed by atoms with Crippen molar-refractivity contribution in [2.45, 2.75) is 10.6 Å². The van der Waals surface area contributed by atoms with Crippen molar-refractivity contribution >= 4 is 43.9 Å². The Hall–Kier alpha value is -1.34. The van der Waals surface area contributed by atoms with E-state index < -0.39 is 10.0 Å². The summed E-state index contributed by atoms with van der Waals surface area (Å²) in [7, 11) is -1.87. The number of thiophene rings is 1. The van der Waals surface area contributed by atoms with E-state index in [0.29, 0.717) is 17.3 Å². The minimum atomic E-state index is -3.47. The molecule has 0 amide bonds. The highest BCUT2D eigenvalue weighted by molar-refractivity contribution is 7.91. The number of halogens is 1. The number of sulfonamides is 1. The quantitative estimate of drug-likeness (QED) is 0.758. The molecular formula is C15H15ClN2O2S2. The second-order valence-corrected chi connectivity index (χ2v) is 8.98. The summed E-state index contributed by atoms with van der Waals surface area (Å²) >= 11 is 6.90. The van der Waals surface area contributed by atoms with Crippen molar-refractivity contribution in [3.8, 4) is 0 Å². The van der Waals surface area contributed by atoms with Crippen molar-refractivity contribution in [1.82, 2.24) is 9.29 Å². The summed E-state index contributed by atoms with van der Waals surface area (Å²) in [4.78, 5) is 3.20. The van der Waals surface area contributed by atoms with Crippen LogP contribution in [0, 0.1) is 0 Å². The molecule has 2 aromatic heterocycles. The monoisotopic (exact) mass is 354 g/mol. The van der Waals surface area contributed by atoms with Crippen molar-refractivity contribution in [2.75, 3.05) is 13.6 Å². The molecule has 3 aromatic rings. The maximum atomic E-state index is 12.4. The van der Waals surface area contributed by atoms with Crippen LogP contribution in [-0.4, -0.2) is 31.3 Å². The minimum absolute atomic E-state index is 0.277. The molecule has 22 heavy (non-hydrogen) atoms. The largest absolute Gasteiger partial charge is 0.361 e. The summed E-state index contributed by atoms with van der Waals surface area (Å²) in [5, 5.41) is 1.13. The van der Waals surface area contributed by atoms with Gasteiger partial charge in [0.05, 0.1) is 4.34 Å². The molecule has 0 atom stereocenters. The van der Waals surface area contributed by atoms with Crippen molar-refractivity contribution in [3.05, 3.63) is 52.5 Å². The zero-order valence-electron chi connectivity index (χ0n) is 11.9. The average Bonchev–Trinajstić information content (AvgIpc) is 3.11. The predicted molar refractivity (Wildman–Crippen MR) is 91.1 cm³/mol. The van der Waals surface area contributed by atoms with Gasteiger partial charge in [0.1, 0.15) is 4.21 Å². The molecule has 0 spiro atoms. The molecule has 0 bridgehead atoms. The third-order valence-corrected chi connectivity index (χ3v) is 7.14. The first kappa shape index (κ1) is 15.6. The van der Waals surface area contributed by atoms with Gasteiger partial charge in [-0.25, -0.2) is 8.42 Å². The van der Waals surface area contributed by atoms with E-state index in [0.717, 1.165) is 27.8 Å². The van der Waals surface area contributed by atoms with Crippen LogP contribution in [0.3, 0.4) is 0 Å². The van der Waals surface area contributed by atoms with Gasteiger partial charge in [-0.1, -0.05) is 29.8 Å². The fraction of sp³-hybridized carbons (Fsp3) is 0.200. The maximum Gasteiger partial charge on any atom is 0.252 e. The van der Waals surface area contributed by atoms with Gasteiger partial charge in [-0.15, -0.1) is 11.3 Å². The molecule has 0 fully saturated rings. The molecule has 0 aliphatic heterocycles. The molecule has 2 heterocycles. The Morgan fingerprint density at radius 2 is 2.00 bits per heavy atom. The highest BCUT2D eigenvalue weighted by Gasteiger charge is 2.22. The molecule has 4 nitrogen and oxygen atoms in total. The van der Waals surface area contributed by atoms with Crippen LogP contribution in [0.1, 0.15) is 5.56 Å². The van der Waals surface area contributed by atoms with Crippen molar-refractivity contribution in [2.24, 2.45) is 0 Å². The fourth-order valence-corrected chi connectivity index (χ4v) is 5.19. The van der Waals surface area contributed by atoms with E-state index in [2.05, 4.69) is 4.98 Å². The Morgan fingerprint density at radius 1 is 1.23 bits per heavy atom. The van der Waals surface area contributed by atoms with Crippen LogP contribution in [0.5, 0.6) is 0 Å². The van der Waals surface area contributed by atoms with Crippen LogP contribution in [0.2, 0.25) is 4.34 Å². The summed E-state index contributed by atoms with van der Waals surface area (Å²) in [6.45, 7) is 0.416. The lowest BCUT2D eigenvalue weighted by Crippen LogP contribution is -2.28. The van der Waals surface area contributed by atoms with E-state index in [1.165, 1.54) is 4.31 Å². The molecule has 3 rings (SSSR count). The van der Waals surface area contributed by atoms with Crippen LogP contribution in [-0.2, 0) is 16.4 Å². The molecule has 0 radical (unpaired) electrons. The van der Waals surface area contributed by atoms with Gasteiger partial charge >= 0.3 is 0 Å². The summed E-state index contributed by atoms with van der Waals surface area (Å²) < 4.78 is 27.0. The zero-order valence-corrected chi connectivity index (χ0v) is 14.3. The lowest BCUT2D eigenvalue weighted by atomic mass is 10.1. The number of fused-ring (bicyclic) bond motifs is 1. The number of nitrogens with one attached hydrogen (secondary N) is 1. The lowest BCUT2D eigenvalue weighted by Gasteiger charge is -2.15. The van der Waals surface area contributed by atoms with E-state index in [9.17, 15) is 8.42 Å². The summed E-state index contributed by atoms with van der Waals surface area (Å²) in [6.07, 6.45) is 2.59. The van der Waals surface area contributed by atoms with Crippen molar-refractivity contribution in [1.29, 1.82) is 0 Å². The highest BCUT2D eigenvalue weighted by atomic mass is 35.5. The van der Waals surface area contributed by atoms with Crippen molar-refractivity contribution < 1.29 is 8.42 Å². The van der Waals surface area contributed by atoms with E-state index in [1.54, 1.807) is 19.2 Å². The Bertz CT molecular complexity index is 899. The smallest absolute Gasteiger partial charge is 0.252 e. The molecule has 0 saturated heterocycles. The summed E-state index contributed by atoms with van der Waals surface area (Å²) in [5.74, 6) is 0. The topological polar surface area (TPSA) is 53.2 Å². The minimum Gasteiger partial charge on any atom is -0.361 e. The number of aromatic nitrogens is 1. The molecule has 0 aliphatic rings. The number of nitrogens with zero attached hydrogens (tertiary/aromatic N) is 1. The van der Waals surface area contributed by atoms with Crippen LogP contribution < -0.4 is 0 Å². The first-order chi connectivity index (χ1) is 10.5. The normalized spacial score (nSPS) is 12.3. The molecule has 7 heteroatoms. The maximum absolute atomic E-state index is 12.4. The van der Waals surface area contributed by atoms with E-state index >= 15 is 0 Å². The number of para-hydroxylation sites is 1. The molecule has 1 aromatic carbocycles. The standard InChI is InChI=1S/C15H15ClN2O2S2/c1-18(22(19,20)15-7-6-14(16)21-15)9-8-11-10-17-13-5-3-2-4-12(11)13/h2-7,10,17H,8-9H2,1H3. The van der Waals surface area contributed by atoms with E-state index in [-0.39, 0.29) is 4.21 Å². The van der Waals surface area contributed by atoms with Gasteiger partial charge in [0.15, 0.2) is 0 Å². The third-order valence-electron chi connectivity index (χ3n) is 3.58. The molecular weight excluding hydrogens is 340 g/mol. The highest BCUT2D eigenvalue weighted by Crippen LogP contribution is 2.28. The van der Waals surface area contributed by atoms with Gasteiger partial charge in [0.2, 0.25) is 0 Å². The number of hydrogen-bond acceptors (Lipinski definition) is 3. The first-order valence-corrected chi connectivity index (χ1v) is 9.38. The average molecular weight is 355 g/mol. The van der Waals surface area contributed by atoms with Crippen LogP contribution >= 0.6 is 22.9 Å². The molecule has 1 N–H and O–H groups in total. The van der Waals surface area contributed by atoms with Crippen LogP contribution in [0.4, 0.5) is 0 Å². The number of likely N-dealkylation sites (N-methyl/N-ethyl adjacent to an activating group) is 1. The van der Waals surface area contributed by atoms with Crippen molar-refractivity contribution in [3.63, 3.8) is 0 Å². The van der Waals surface area contributed by atoms with E-state index in [1.807, 2.05) is 30.5 Å². The number of hydrogen-bond donors (Lipinski definition) is 1. The zero-order chi connectivity index (χ0) is 15.7. The molecule has 116 valence electrons. The van der Waals surface area contributed by atoms with E-state index in [4.69, 9.17) is 11.6 Å². The lowest BCUT2D eigenvalue weighted by molar-refractivity contribution is 0.474. The Labute approximate surface area is 138 Å². The first-order valence-electron chi connectivity index (χ1n) is 6.75. The van der Waals surface area contributed by atoms with Gasteiger partial charge in [-0.05, 0) is 30.2 Å². The van der Waals surface area contributed by atoms with Gasteiger partial charge in [-0.3, -0.25) is 0 Å². The Kier molecular flexibility index (Phi) is 4.27.